The maximum Gasteiger partial charge on any atom is 0.211 e. The van der Waals surface area contributed by atoms with Gasteiger partial charge in [0.15, 0.2) is 0 Å². The molecule has 2 unspecified atom stereocenters. The molecule has 1 aliphatic heterocycles. The number of hydrogen-bond donors (Lipinski definition) is 1. The Balaban J connectivity index is 2.18. The molecule has 1 heterocycles. The Morgan fingerprint density at radius 2 is 1.89 bits per heavy atom. The lowest BCUT2D eigenvalue weighted by Gasteiger charge is -2.35. The van der Waals surface area contributed by atoms with E-state index in [4.69, 9.17) is 4.74 Å². The van der Waals surface area contributed by atoms with Gasteiger partial charge in [0.05, 0.1) is 18.0 Å². The number of hydrogen-bond acceptors (Lipinski definition) is 4. The van der Waals surface area contributed by atoms with E-state index >= 15 is 0 Å². The smallest absolute Gasteiger partial charge is 0.211 e. The van der Waals surface area contributed by atoms with Crippen molar-refractivity contribution in [1.82, 2.24) is 9.62 Å². The van der Waals surface area contributed by atoms with E-state index in [1.54, 1.807) is 0 Å². The number of rotatable bonds is 7. The summed E-state index contributed by atoms with van der Waals surface area (Å²) in [5.41, 5.74) is 0. The number of morpholine rings is 1. The van der Waals surface area contributed by atoms with Crippen molar-refractivity contribution in [2.24, 2.45) is 0 Å². The van der Waals surface area contributed by atoms with Crippen LogP contribution in [-0.2, 0) is 14.8 Å². The van der Waals surface area contributed by atoms with Crippen molar-refractivity contribution in [3.8, 4) is 0 Å². The van der Waals surface area contributed by atoms with E-state index in [2.05, 4.69) is 23.5 Å². The van der Waals surface area contributed by atoms with Crippen LogP contribution in [0.3, 0.4) is 0 Å². The second kappa shape index (κ2) is 7.43. The summed E-state index contributed by atoms with van der Waals surface area (Å²) >= 11 is 0. The summed E-state index contributed by atoms with van der Waals surface area (Å²) in [4.78, 5) is 2.34. The van der Waals surface area contributed by atoms with E-state index in [0.29, 0.717) is 13.0 Å². The van der Waals surface area contributed by atoms with Gasteiger partial charge >= 0.3 is 0 Å². The topological polar surface area (TPSA) is 58.6 Å². The molecule has 1 fully saturated rings. The highest BCUT2D eigenvalue weighted by molar-refractivity contribution is 7.89. The van der Waals surface area contributed by atoms with Crippen molar-refractivity contribution in [2.45, 2.75) is 45.8 Å². The van der Waals surface area contributed by atoms with Crippen LogP contribution in [0.15, 0.2) is 0 Å². The van der Waals surface area contributed by atoms with Crippen LogP contribution in [0.1, 0.15) is 33.6 Å². The van der Waals surface area contributed by atoms with Crippen LogP contribution >= 0.6 is 0 Å². The van der Waals surface area contributed by atoms with E-state index < -0.39 is 10.0 Å². The largest absolute Gasteiger partial charge is 0.373 e. The van der Waals surface area contributed by atoms with Gasteiger partial charge in [-0.3, -0.25) is 4.90 Å². The van der Waals surface area contributed by atoms with Crippen LogP contribution in [0.2, 0.25) is 0 Å². The fraction of sp³-hybridized carbons (Fsp3) is 1.00. The van der Waals surface area contributed by atoms with Gasteiger partial charge < -0.3 is 4.74 Å². The van der Waals surface area contributed by atoms with Crippen LogP contribution in [0.5, 0.6) is 0 Å². The maximum atomic E-state index is 11.4. The molecule has 1 saturated heterocycles. The Bertz CT molecular complexity index is 322. The van der Waals surface area contributed by atoms with Crippen molar-refractivity contribution < 1.29 is 13.2 Å². The molecule has 0 saturated carbocycles. The zero-order valence-electron chi connectivity index (χ0n) is 11.7. The lowest BCUT2D eigenvalue weighted by atomic mass is 10.2. The molecule has 1 N–H and O–H groups in total. The van der Waals surface area contributed by atoms with Gasteiger partial charge in [-0.1, -0.05) is 6.92 Å². The molecule has 108 valence electrons. The van der Waals surface area contributed by atoms with Gasteiger partial charge in [0.1, 0.15) is 0 Å². The Morgan fingerprint density at radius 3 is 2.44 bits per heavy atom. The van der Waals surface area contributed by atoms with Crippen molar-refractivity contribution >= 4 is 10.0 Å². The van der Waals surface area contributed by atoms with Gasteiger partial charge in [-0.15, -0.1) is 0 Å². The molecule has 18 heavy (non-hydrogen) atoms. The first kappa shape index (κ1) is 15.9. The summed E-state index contributed by atoms with van der Waals surface area (Å²) in [6.45, 7) is 9.35. The second-order valence-corrected chi connectivity index (χ2v) is 7.01. The van der Waals surface area contributed by atoms with Crippen molar-refractivity contribution in [2.75, 3.05) is 31.9 Å². The monoisotopic (exact) mass is 278 g/mol. The van der Waals surface area contributed by atoms with Crippen LogP contribution in [0.25, 0.3) is 0 Å². The summed E-state index contributed by atoms with van der Waals surface area (Å²) in [6.07, 6.45) is 2.05. The molecule has 0 amide bonds. The maximum absolute atomic E-state index is 11.4. The van der Waals surface area contributed by atoms with E-state index in [0.717, 1.165) is 26.1 Å². The number of ether oxygens (including phenoxy) is 1. The van der Waals surface area contributed by atoms with Crippen LogP contribution in [0.4, 0.5) is 0 Å². The average Bonchev–Trinajstić information content (AvgIpc) is 2.23. The minimum Gasteiger partial charge on any atom is -0.373 e. The van der Waals surface area contributed by atoms with Gasteiger partial charge in [-0.05, 0) is 33.2 Å². The lowest BCUT2D eigenvalue weighted by Crippen LogP contribution is -2.46. The fourth-order valence-electron chi connectivity index (χ4n) is 2.34. The molecule has 0 aliphatic carbocycles. The van der Waals surface area contributed by atoms with Crippen molar-refractivity contribution in [3.05, 3.63) is 0 Å². The molecule has 0 aromatic heterocycles. The highest BCUT2D eigenvalue weighted by Crippen LogP contribution is 2.10. The molecule has 6 heteroatoms. The summed E-state index contributed by atoms with van der Waals surface area (Å²) < 4.78 is 31.2. The quantitative estimate of drug-likeness (QED) is 0.700. The lowest BCUT2D eigenvalue weighted by molar-refractivity contribution is -0.0679. The van der Waals surface area contributed by atoms with Gasteiger partial charge in [-0.2, -0.15) is 0 Å². The zero-order valence-corrected chi connectivity index (χ0v) is 12.5. The fourth-order valence-corrected chi connectivity index (χ4v) is 3.48. The summed E-state index contributed by atoms with van der Waals surface area (Å²) in [6, 6.07) is 0. The normalized spacial score (nSPS) is 26.4. The predicted octanol–water partition coefficient (Wildman–Crippen LogP) is 0.815. The number of sulfonamides is 1. The SMILES string of the molecule is CCCS(=O)(=O)NCCCN1CC(C)OC(C)C1. The highest BCUT2D eigenvalue weighted by Gasteiger charge is 2.21. The first-order chi connectivity index (χ1) is 8.43. The molecular formula is C12H26N2O3S. The molecule has 0 spiro atoms. The summed E-state index contributed by atoms with van der Waals surface area (Å²) in [5.74, 6) is 0.221. The van der Waals surface area contributed by atoms with Gasteiger partial charge in [0, 0.05) is 19.6 Å². The van der Waals surface area contributed by atoms with Crippen LogP contribution in [0, 0.1) is 0 Å². The molecule has 0 bridgehead atoms. The van der Waals surface area contributed by atoms with Crippen molar-refractivity contribution in [1.29, 1.82) is 0 Å². The van der Waals surface area contributed by atoms with Crippen LogP contribution < -0.4 is 4.72 Å². The van der Waals surface area contributed by atoms with E-state index in [1.807, 2.05) is 6.92 Å². The summed E-state index contributed by atoms with van der Waals surface area (Å²) in [5, 5.41) is 0. The zero-order chi connectivity index (χ0) is 13.6. The molecular weight excluding hydrogens is 252 g/mol. The molecule has 2 atom stereocenters. The van der Waals surface area contributed by atoms with Gasteiger partial charge in [0.2, 0.25) is 10.0 Å². The molecule has 1 aliphatic rings. The molecule has 0 radical (unpaired) electrons. The van der Waals surface area contributed by atoms with Gasteiger partial charge in [-0.25, -0.2) is 13.1 Å². The molecule has 1 rings (SSSR count). The van der Waals surface area contributed by atoms with E-state index in [1.165, 1.54) is 0 Å². The van der Waals surface area contributed by atoms with E-state index in [9.17, 15) is 8.42 Å². The second-order valence-electron chi connectivity index (χ2n) is 5.08. The third-order valence-electron chi connectivity index (χ3n) is 2.94. The number of nitrogens with one attached hydrogen (secondary N) is 1. The first-order valence-electron chi connectivity index (χ1n) is 6.78. The molecule has 0 aromatic rings. The molecule has 5 nitrogen and oxygen atoms in total. The summed E-state index contributed by atoms with van der Waals surface area (Å²) in [7, 11) is -3.05. The minimum absolute atomic E-state index is 0.221. The van der Waals surface area contributed by atoms with Crippen molar-refractivity contribution in [3.63, 3.8) is 0 Å². The standard InChI is InChI=1S/C12H26N2O3S/c1-4-8-18(15,16)13-6-5-7-14-9-11(2)17-12(3)10-14/h11-13H,4-10H2,1-3H3. The average molecular weight is 278 g/mol. The minimum atomic E-state index is -3.05. The number of nitrogens with zero attached hydrogens (tertiary/aromatic N) is 1. The Labute approximate surface area is 111 Å². The van der Waals surface area contributed by atoms with E-state index in [-0.39, 0.29) is 18.0 Å². The predicted molar refractivity (Wildman–Crippen MR) is 73.1 cm³/mol. The molecule has 0 aromatic carbocycles. The van der Waals surface area contributed by atoms with Gasteiger partial charge in [0.25, 0.3) is 0 Å². The third kappa shape index (κ3) is 6.13. The first-order valence-corrected chi connectivity index (χ1v) is 8.43. The Hall–Kier alpha value is -0.170. The third-order valence-corrected chi connectivity index (χ3v) is 4.53. The highest BCUT2D eigenvalue weighted by atomic mass is 32.2. The Morgan fingerprint density at radius 1 is 1.28 bits per heavy atom. The Kier molecular flexibility index (Phi) is 6.55. The van der Waals surface area contributed by atoms with Crippen LogP contribution in [-0.4, -0.2) is 57.5 Å².